The third-order valence-electron chi connectivity index (χ3n) is 3.29. The molecule has 0 bridgehead atoms. The van der Waals surface area contributed by atoms with E-state index in [4.69, 9.17) is 5.11 Å². The molecule has 1 aromatic rings. The fraction of sp³-hybridized carbons (Fsp3) is 0.462. The molecule has 2 rings (SSSR count). The van der Waals surface area contributed by atoms with Gasteiger partial charge >= 0.3 is 5.97 Å². The molecule has 0 spiro atoms. The minimum Gasteiger partial charge on any atom is -0.480 e. The number of hydrogen-bond acceptors (Lipinski definition) is 2. The average Bonchev–Trinajstić information content (AvgIpc) is 2.98. The van der Waals surface area contributed by atoms with Crippen LogP contribution in [0.3, 0.4) is 0 Å². The van der Waals surface area contributed by atoms with Crippen molar-refractivity contribution in [2.24, 2.45) is 0 Å². The molecule has 0 unspecified atom stereocenters. The molecule has 0 radical (unpaired) electrons. The zero-order valence-corrected chi connectivity index (χ0v) is 11.4. The molecule has 1 aliphatic carbocycles. The summed E-state index contributed by atoms with van der Waals surface area (Å²) in [6.45, 7) is 0.930. The highest BCUT2D eigenvalue weighted by molar-refractivity contribution is 9.10. The van der Waals surface area contributed by atoms with Gasteiger partial charge in [0.2, 0.25) is 0 Å². The standard InChI is InChI=1S/C13H16BrNO2/c1-15(8-12(16)17)9-13(6-7-13)10-2-4-11(14)5-3-10/h2-5H,6-9H2,1H3,(H,16,17). The minimum absolute atomic E-state index is 0.109. The van der Waals surface area contributed by atoms with Crippen LogP contribution in [0.5, 0.6) is 0 Å². The van der Waals surface area contributed by atoms with E-state index < -0.39 is 5.97 Å². The molecule has 1 fully saturated rings. The molecule has 17 heavy (non-hydrogen) atoms. The summed E-state index contributed by atoms with van der Waals surface area (Å²) in [5.74, 6) is -0.765. The number of likely N-dealkylation sites (N-methyl/N-ethyl adjacent to an activating group) is 1. The molecule has 0 aliphatic heterocycles. The highest BCUT2D eigenvalue weighted by Gasteiger charge is 2.44. The van der Waals surface area contributed by atoms with E-state index in [1.165, 1.54) is 5.56 Å². The lowest BCUT2D eigenvalue weighted by molar-refractivity contribution is -0.138. The molecule has 0 amide bonds. The second-order valence-electron chi connectivity index (χ2n) is 4.85. The van der Waals surface area contributed by atoms with Crippen LogP contribution in [-0.4, -0.2) is 36.1 Å². The Hall–Kier alpha value is -0.870. The Labute approximate surface area is 110 Å². The van der Waals surface area contributed by atoms with Crippen LogP contribution in [0.1, 0.15) is 18.4 Å². The Morgan fingerprint density at radius 3 is 2.47 bits per heavy atom. The van der Waals surface area contributed by atoms with Crippen LogP contribution in [0.2, 0.25) is 0 Å². The SMILES string of the molecule is CN(CC(=O)O)CC1(c2ccc(Br)cc2)CC1. The number of aliphatic carboxylic acids is 1. The van der Waals surface area contributed by atoms with Crippen molar-refractivity contribution in [3.05, 3.63) is 34.3 Å². The Kier molecular flexibility index (Phi) is 3.54. The van der Waals surface area contributed by atoms with Gasteiger partial charge in [-0.05, 0) is 37.6 Å². The molecule has 1 aliphatic rings. The van der Waals surface area contributed by atoms with Gasteiger partial charge in [0.1, 0.15) is 0 Å². The van der Waals surface area contributed by atoms with Gasteiger partial charge in [0.15, 0.2) is 0 Å². The molecule has 0 aromatic heterocycles. The van der Waals surface area contributed by atoms with Crippen LogP contribution in [0.4, 0.5) is 0 Å². The van der Waals surface area contributed by atoms with Gasteiger partial charge in [0, 0.05) is 16.4 Å². The van der Waals surface area contributed by atoms with Crippen molar-refractivity contribution in [3.8, 4) is 0 Å². The zero-order chi connectivity index (χ0) is 12.5. The molecule has 0 atom stereocenters. The predicted molar refractivity (Wildman–Crippen MR) is 70.2 cm³/mol. The molecular weight excluding hydrogens is 282 g/mol. The maximum Gasteiger partial charge on any atom is 0.317 e. The number of halogens is 1. The van der Waals surface area contributed by atoms with Crippen molar-refractivity contribution >= 4 is 21.9 Å². The quantitative estimate of drug-likeness (QED) is 0.908. The lowest BCUT2D eigenvalue weighted by atomic mass is 9.95. The van der Waals surface area contributed by atoms with Crippen LogP contribution in [0, 0.1) is 0 Å². The Balaban J connectivity index is 2.04. The van der Waals surface area contributed by atoms with Crippen LogP contribution >= 0.6 is 15.9 Å². The van der Waals surface area contributed by atoms with E-state index in [-0.39, 0.29) is 12.0 Å². The number of nitrogens with zero attached hydrogens (tertiary/aromatic N) is 1. The van der Waals surface area contributed by atoms with E-state index >= 15 is 0 Å². The van der Waals surface area contributed by atoms with Crippen LogP contribution in [-0.2, 0) is 10.2 Å². The number of carboxylic acids is 1. The number of rotatable bonds is 5. The monoisotopic (exact) mass is 297 g/mol. The summed E-state index contributed by atoms with van der Waals surface area (Å²) in [4.78, 5) is 12.5. The molecule has 3 nitrogen and oxygen atoms in total. The summed E-state index contributed by atoms with van der Waals surface area (Å²) in [7, 11) is 1.87. The number of benzene rings is 1. The lowest BCUT2D eigenvalue weighted by Crippen LogP contribution is -2.33. The topological polar surface area (TPSA) is 40.5 Å². The third kappa shape index (κ3) is 3.07. The van der Waals surface area contributed by atoms with Gasteiger partial charge in [-0.3, -0.25) is 9.69 Å². The van der Waals surface area contributed by atoms with Crippen molar-refractivity contribution in [2.45, 2.75) is 18.3 Å². The predicted octanol–water partition coefficient (Wildman–Crippen LogP) is 2.50. The maximum atomic E-state index is 10.6. The lowest BCUT2D eigenvalue weighted by Gasteiger charge is -2.22. The van der Waals surface area contributed by atoms with Gasteiger partial charge in [-0.15, -0.1) is 0 Å². The Morgan fingerprint density at radius 1 is 1.41 bits per heavy atom. The van der Waals surface area contributed by atoms with Gasteiger partial charge in [-0.1, -0.05) is 28.1 Å². The molecule has 1 saturated carbocycles. The summed E-state index contributed by atoms with van der Waals surface area (Å²) < 4.78 is 1.08. The third-order valence-corrected chi connectivity index (χ3v) is 3.82. The first kappa shape index (κ1) is 12.6. The highest BCUT2D eigenvalue weighted by Crippen LogP contribution is 2.48. The number of carbonyl (C=O) groups is 1. The van der Waals surface area contributed by atoms with Crippen LogP contribution < -0.4 is 0 Å². The van der Waals surface area contributed by atoms with E-state index in [1.807, 2.05) is 24.1 Å². The van der Waals surface area contributed by atoms with Gasteiger partial charge < -0.3 is 5.11 Å². The summed E-state index contributed by atoms with van der Waals surface area (Å²) in [5.41, 5.74) is 1.50. The number of carboxylic acid groups (broad SMARTS) is 1. The van der Waals surface area contributed by atoms with Crippen molar-refractivity contribution in [2.75, 3.05) is 20.1 Å². The van der Waals surface area contributed by atoms with E-state index in [9.17, 15) is 4.79 Å². The zero-order valence-electron chi connectivity index (χ0n) is 9.82. The van der Waals surface area contributed by atoms with Gasteiger partial charge in [0.25, 0.3) is 0 Å². The molecule has 4 heteroatoms. The van der Waals surface area contributed by atoms with E-state index in [0.29, 0.717) is 0 Å². The van der Waals surface area contributed by atoms with E-state index in [2.05, 4.69) is 28.1 Å². The van der Waals surface area contributed by atoms with Gasteiger partial charge in [0.05, 0.1) is 6.54 Å². The average molecular weight is 298 g/mol. The van der Waals surface area contributed by atoms with Gasteiger partial charge in [-0.2, -0.15) is 0 Å². The first-order valence-corrected chi connectivity index (χ1v) is 6.47. The second-order valence-corrected chi connectivity index (χ2v) is 5.77. The Morgan fingerprint density at radius 2 is 2.00 bits per heavy atom. The molecule has 0 saturated heterocycles. The molecule has 0 heterocycles. The van der Waals surface area contributed by atoms with Crippen LogP contribution in [0.15, 0.2) is 28.7 Å². The van der Waals surface area contributed by atoms with Crippen LogP contribution in [0.25, 0.3) is 0 Å². The van der Waals surface area contributed by atoms with Crippen molar-refractivity contribution in [1.82, 2.24) is 4.90 Å². The van der Waals surface area contributed by atoms with Crippen molar-refractivity contribution in [1.29, 1.82) is 0 Å². The fourth-order valence-electron chi connectivity index (χ4n) is 2.30. The minimum atomic E-state index is -0.765. The second kappa shape index (κ2) is 4.78. The largest absolute Gasteiger partial charge is 0.480 e. The molecule has 1 aromatic carbocycles. The smallest absolute Gasteiger partial charge is 0.317 e. The molecule has 1 N–H and O–H groups in total. The molecular formula is C13H16BrNO2. The summed E-state index contributed by atoms with van der Waals surface area (Å²) in [5, 5.41) is 8.76. The number of hydrogen-bond donors (Lipinski definition) is 1. The van der Waals surface area contributed by atoms with Gasteiger partial charge in [-0.25, -0.2) is 0 Å². The van der Waals surface area contributed by atoms with E-state index in [0.717, 1.165) is 23.9 Å². The Bertz CT molecular complexity index is 412. The summed E-state index contributed by atoms with van der Waals surface area (Å²) in [6, 6.07) is 8.36. The maximum absolute atomic E-state index is 10.6. The first-order valence-electron chi connectivity index (χ1n) is 5.68. The molecule has 92 valence electrons. The van der Waals surface area contributed by atoms with Crippen molar-refractivity contribution < 1.29 is 9.90 Å². The fourth-order valence-corrected chi connectivity index (χ4v) is 2.56. The first-order chi connectivity index (χ1) is 8.02. The van der Waals surface area contributed by atoms with E-state index in [1.54, 1.807) is 0 Å². The normalized spacial score (nSPS) is 17.1. The highest BCUT2D eigenvalue weighted by atomic mass is 79.9. The summed E-state index contributed by atoms with van der Waals surface area (Å²) >= 11 is 3.43. The van der Waals surface area contributed by atoms with Crippen molar-refractivity contribution in [3.63, 3.8) is 0 Å². The summed E-state index contributed by atoms with van der Waals surface area (Å²) in [6.07, 6.45) is 2.30.